The number of ether oxygens (including phenoxy) is 1. The van der Waals surface area contributed by atoms with E-state index in [4.69, 9.17) is 10.5 Å². The molecule has 5 heteroatoms. The molecule has 106 valence electrons. The summed E-state index contributed by atoms with van der Waals surface area (Å²) in [7, 11) is 1.68. The molecule has 0 aromatic carbocycles. The molecule has 0 aliphatic carbocycles. The second-order valence-electron chi connectivity index (χ2n) is 4.65. The smallest absolute Gasteiger partial charge is 0.217 e. The minimum atomic E-state index is -0.235. The summed E-state index contributed by atoms with van der Waals surface area (Å²) in [6, 6.07) is 0. The van der Waals surface area contributed by atoms with Crippen LogP contribution in [0.3, 0.4) is 0 Å². The second-order valence-corrected chi connectivity index (χ2v) is 4.65. The van der Waals surface area contributed by atoms with Crippen molar-refractivity contribution in [2.45, 2.75) is 39.7 Å². The Morgan fingerprint density at radius 2 is 2.16 bits per heavy atom. The van der Waals surface area contributed by atoms with Gasteiger partial charge >= 0.3 is 0 Å². The molecule has 1 amide bonds. The maximum absolute atomic E-state index is 10.6. The van der Waals surface area contributed by atoms with Gasteiger partial charge < -0.3 is 15.8 Å². The first kappa shape index (κ1) is 15.4. The van der Waals surface area contributed by atoms with Crippen molar-refractivity contribution >= 4 is 5.91 Å². The topological polar surface area (TPSA) is 77.2 Å². The van der Waals surface area contributed by atoms with Crippen LogP contribution in [-0.4, -0.2) is 24.5 Å². The zero-order chi connectivity index (χ0) is 14.3. The van der Waals surface area contributed by atoms with Gasteiger partial charge in [-0.05, 0) is 33.2 Å². The minimum Gasteiger partial charge on any atom is -0.496 e. The zero-order valence-electron chi connectivity index (χ0n) is 12.0. The number of hydrogen-bond acceptors (Lipinski definition) is 4. The Morgan fingerprint density at radius 1 is 1.42 bits per heavy atom. The molecule has 0 fully saturated rings. The van der Waals surface area contributed by atoms with E-state index >= 15 is 0 Å². The third-order valence-electron chi connectivity index (χ3n) is 3.07. The average molecular weight is 265 g/mol. The summed E-state index contributed by atoms with van der Waals surface area (Å²) in [5.74, 6) is 0.668. The molecule has 19 heavy (non-hydrogen) atoms. The van der Waals surface area contributed by atoms with Crippen LogP contribution in [-0.2, 0) is 11.3 Å². The Labute approximate surface area is 114 Å². The lowest BCUT2D eigenvalue weighted by Gasteiger charge is -2.12. The van der Waals surface area contributed by atoms with Gasteiger partial charge in [-0.3, -0.25) is 9.78 Å². The molecule has 3 N–H and O–H groups in total. The minimum absolute atomic E-state index is 0.235. The molecule has 1 aromatic heterocycles. The van der Waals surface area contributed by atoms with Crippen molar-refractivity contribution in [2.75, 3.05) is 13.7 Å². The van der Waals surface area contributed by atoms with Crippen molar-refractivity contribution in [3.63, 3.8) is 0 Å². The molecular formula is C14H23N3O2. The zero-order valence-corrected chi connectivity index (χ0v) is 12.0. The number of rotatable bonds is 8. The van der Waals surface area contributed by atoms with Crippen molar-refractivity contribution in [3.8, 4) is 5.75 Å². The first-order valence-corrected chi connectivity index (χ1v) is 6.54. The van der Waals surface area contributed by atoms with E-state index in [2.05, 4.69) is 10.3 Å². The highest BCUT2D eigenvalue weighted by atomic mass is 16.5. The van der Waals surface area contributed by atoms with Crippen LogP contribution in [0.25, 0.3) is 0 Å². The van der Waals surface area contributed by atoms with Crippen LogP contribution in [0.5, 0.6) is 5.75 Å². The van der Waals surface area contributed by atoms with Crippen molar-refractivity contribution < 1.29 is 9.53 Å². The van der Waals surface area contributed by atoms with E-state index in [1.165, 1.54) is 0 Å². The van der Waals surface area contributed by atoms with Gasteiger partial charge in [0.25, 0.3) is 0 Å². The number of hydrogen-bond donors (Lipinski definition) is 2. The average Bonchev–Trinajstić information content (AvgIpc) is 2.36. The highest BCUT2D eigenvalue weighted by molar-refractivity contribution is 5.73. The molecule has 0 bridgehead atoms. The van der Waals surface area contributed by atoms with Crippen LogP contribution in [0.1, 0.15) is 36.1 Å². The first-order chi connectivity index (χ1) is 9.06. The van der Waals surface area contributed by atoms with Crippen LogP contribution < -0.4 is 15.8 Å². The van der Waals surface area contributed by atoms with E-state index in [0.29, 0.717) is 13.0 Å². The number of primary amides is 1. The Bertz CT molecular complexity index is 433. The van der Waals surface area contributed by atoms with E-state index in [1.807, 2.05) is 20.0 Å². The number of carbonyl (C=O) groups is 1. The molecule has 5 nitrogen and oxygen atoms in total. The highest BCUT2D eigenvalue weighted by Gasteiger charge is 2.08. The SMILES string of the molecule is COc1c(C)cnc(CNCCCCC(N)=O)c1C. The summed E-state index contributed by atoms with van der Waals surface area (Å²) >= 11 is 0. The number of aryl methyl sites for hydroxylation is 1. The Kier molecular flexibility index (Phi) is 6.29. The first-order valence-electron chi connectivity index (χ1n) is 6.54. The van der Waals surface area contributed by atoms with Gasteiger partial charge in [-0.15, -0.1) is 0 Å². The van der Waals surface area contributed by atoms with E-state index in [1.54, 1.807) is 7.11 Å². The standard InChI is InChI=1S/C14H23N3O2/c1-10-8-17-12(11(2)14(10)19-3)9-16-7-5-4-6-13(15)18/h8,16H,4-7,9H2,1-3H3,(H2,15,18). The van der Waals surface area contributed by atoms with Crippen molar-refractivity contribution in [1.29, 1.82) is 0 Å². The fraction of sp³-hybridized carbons (Fsp3) is 0.571. The number of nitrogens with zero attached hydrogens (tertiary/aromatic N) is 1. The molecule has 0 spiro atoms. The lowest BCUT2D eigenvalue weighted by Crippen LogP contribution is -2.18. The molecule has 0 aliphatic heterocycles. The number of aromatic nitrogens is 1. The predicted octanol–water partition coefficient (Wildman–Crippen LogP) is 1.45. The maximum atomic E-state index is 10.6. The van der Waals surface area contributed by atoms with Gasteiger partial charge in [-0.25, -0.2) is 0 Å². The lowest BCUT2D eigenvalue weighted by molar-refractivity contribution is -0.118. The van der Waals surface area contributed by atoms with Gasteiger partial charge in [0, 0.05) is 30.3 Å². The summed E-state index contributed by atoms with van der Waals surface area (Å²) < 4.78 is 5.37. The van der Waals surface area contributed by atoms with Crippen LogP contribution in [0.15, 0.2) is 6.20 Å². The molecular weight excluding hydrogens is 242 g/mol. The van der Waals surface area contributed by atoms with Gasteiger partial charge in [-0.1, -0.05) is 0 Å². The number of amides is 1. The third kappa shape index (κ3) is 4.87. The number of unbranched alkanes of at least 4 members (excludes halogenated alkanes) is 1. The van der Waals surface area contributed by atoms with E-state index < -0.39 is 0 Å². The molecule has 0 aliphatic rings. The van der Waals surface area contributed by atoms with E-state index in [0.717, 1.165) is 42.0 Å². The highest BCUT2D eigenvalue weighted by Crippen LogP contribution is 2.23. The molecule has 1 rings (SSSR count). The van der Waals surface area contributed by atoms with Crippen molar-refractivity contribution in [3.05, 3.63) is 23.0 Å². The van der Waals surface area contributed by atoms with E-state index in [9.17, 15) is 4.79 Å². The third-order valence-corrected chi connectivity index (χ3v) is 3.07. The summed E-state index contributed by atoms with van der Waals surface area (Å²) in [5.41, 5.74) is 8.20. The second kappa shape index (κ2) is 7.74. The quantitative estimate of drug-likeness (QED) is 0.697. The summed E-state index contributed by atoms with van der Waals surface area (Å²) in [6.07, 6.45) is 4.05. The molecule has 0 saturated heterocycles. The Morgan fingerprint density at radius 3 is 2.79 bits per heavy atom. The molecule has 1 aromatic rings. The summed E-state index contributed by atoms with van der Waals surface area (Å²) in [5, 5.41) is 3.32. The molecule has 0 saturated carbocycles. The van der Waals surface area contributed by atoms with Gasteiger partial charge in [0.05, 0.1) is 12.8 Å². The van der Waals surface area contributed by atoms with Crippen molar-refractivity contribution in [2.24, 2.45) is 5.73 Å². The monoisotopic (exact) mass is 265 g/mol. The number of methoxy groups -OCH3 is 1. The number of nitrogens with two attached hydrogens (primary N) is 1. The number of nitrogens with one attached hydrogen (secondary N) is 1. The summed E-state index contributed by atoms with van der Waals surface area (Å²) in [6.45, 7) is 5.56. The maximum Gasteiger partial charge on any atom is 0.217 e. The van der Waals surface area contributed by atoms with E-state index in [-0.39, 0.29) is 5.91 Å². The van der Waals surface area contributed by atoms with Gasteiger partial charge in [-0.2, -0.15) is 0 Å². The Balaban J connectivity index is 2.39. The van der Waals surface area contributed by atoms with Crippen LogP contribution >= 0.6 is 0 Å². The van der Waals surface area contributed by atoms with Crippen LogP contribution in [0.2, 0.25) is 0 Å². The van der Waals surface area contributed by atoms with Gasteiger partial charge in [0.2, 0.25) is 5.91 Å². The fourth-order valence-corrected chi connectivity index (χ4v) is 2.01. The lowest BCUT2D eigenvalue weighted by atomic mass is 10.1. The normalized spacial score (nSPS) is 10.5. The fourth-order valence-electron chi connectivity index (χ4n) is 2.01. The largest absolute Gasteiger partial charge is 0.496 e. The van der Waals surface area contributed by atoms with Crippen LogP contribution in [0.4, 0.5) is 0 Å². The van der Waals surface area contributed by atoms with Crippen molar-refractivity contribution in [1.82, 2.24) is 10.3 Å². The molecule has 0 atom stereocenters. The Hall–Kier alpha value is -1.62. The van der Waals surface area contributed by atoms with Gasteiger partial charge in [0.1, 0.15) is 5.75 Å². The molecule has 1 heterocycles. The predicted molar refractivity (Wildman–Crippen MR) is 75.0 cm³/mol. The number of carbonyl (C=O) groups excluding carboxylic acids is 1. The summed E-state index contributed by atoms with van der Waals surface area (Å²) in [4.78, 5) is 15.0. The molecule has 0 radical (unpaired) electrons. The van der Waals surface area contributed by atoms with Crippen LogP contribution in [0, 0.1) is 13.8 Å². The van der Waals surface area contributed by atoms with Gasteiger partial charge in [0.15, 0.2) is 0 Å². The number of pyridine rings is 1. The molecule has 0 unspecified atom stereocenters.